The van der Waals surface area contributed by atoms with Gasteiger partial charge >= 0.3 is 0 Å². The van der Waals surface area contributed by atoms with Crippen LogP contribution in [0.4, 0.5) is 0 Å². The molecule has 0 bridgehead atoms. The lowest BCUT2D eigenvalue weighted by molar-refractivity contribution is -0.116. The van der Waals surface area contributed by atoms with Gasteiger partial charge in [-0.1, -0.05) is 36.7 Å². The Morgan fingerprint density at radius 2 is 2.22 bits per heavy atom. The van der Waals surface area contributed by atoms with Crippen molar-refractivity contribution in [3.8, 4) is 0 Å². The molecule has 1 heterocycles. The van der Waals surface area contributed by atoms with Crippen molar-refractivity contribution in [1.82, 2.24) is 5.32 Å². The molecule has 0 unspecified atom stereocenters. The van der Waals surface area contributed by atoms with Gasteiger partial charge in [-0.05, 0) is 18.6 Å². The van der Waals surface area contributed by atoms with E-state index >= 15 is 0 Å². The first-order valence-corrected chi connectivity index (χ1v) is 7.04. The number of carbonyl (C=O) groups is 1. The molecule has 2 rings (SSSR count). The van der Waals surface area contributed by atoms with Crippen LogP contribution in [0.1, 0.15) is 18.2 Å². The van der Waals surface area contributed by atoms with Crippen molar-refractivity contribution >= 4 is 45.0 Å². The number of halogens is 1. The maximum atomic E-state index is 11.5. The predicted octanol–water partition coefficient (Wildman–Crippen LogP) is 4.09. The van der Waals surface area contributed by atoms with Crippen LogP contribution in [0.2, 0.25) is 5.02 Å². The van der Waals surface area contributed by atoms with Crippen molar-refractivity contribution < 1.29 is 4.79 Å². The van der Waals surface area contributed by atoms with Gasteiger partial charge in [0.25, 0.3) is 0 Å². The van der Waals surface area contributed by atoms with Crippen LogP contribution >= 0.6 is 22.9 Å². The van der Waals surface area contributed by atoms with E-state index in [0.717, 1.165) is 26.4 Å². The molecule has 0 aliphatic heterocycles. The highest BCUT2D eigenvalue weighted by Crippen LogP contribution is 2.35. The van der Waals surface area contributed by atoms with Crippen molar-refractivity contribution in [3.05, 3.63) is 40.2 Å². The molecule has 0 saturated heterocycles. The molecule has 1 amide bonds. The highest BCUT2D eigenvalue weighted by atomic mass is 35.5. The molecule has 0 aliphatic carbocycles. The Morgan fingerprint density at radius 3 is 2.94 bits per heavy atom. The lowest BCUT2D eigenvalue weighted by Crippen LogP contribution is -2.21. The van der Waals surface area contributed by atoms with E-state index in [4.69, 9.17) is 11.6 Å². The van der Waals surface area contributed by atoms with Gasteiger partial charge in [0.1, 0.15) is 0 Å². The van der Waals surface area contributed by atoms with E-state index in [0.29, 0.717) is 6.54 Å². The summed E-state index contributed by atoms with van der Waals surface area (Å²) in [5, 5.41) is 4.55. The Labute approximate surface area is 115 Å². The molecule has 94 valence electrons. The second kappa shape index (κ2) is 6.03. The number of hydrogen-bond donors (Lipinski definition) is 1. The summed E-state index contributed by atoms with van der Waals surface area (Å²) >= 11 is 7.86. The molecule has 0 aliphatic rings. The van der Waals surface area contributed by atoms with Crippen molar-refractivity contribution in [2.75, 3.05) is 6.54 Å². The Hall–Kier alpha value is -1.32. The molecule has 0 fully saturated rings. The zero-order valence-corrected chi connectivity index (χ0v) is 11.6. The first kappa shape index (κ1) is 13.1. The number of fused-ring (bicyclic) bond motifs is 1. The molecule has 0 atom stereocenters. The third-order valence-corrected chi connectivity index (χ3v) is 4.15. The van der Waals surface area contributed by atoms with Gasteiger partial charge in [-0.2, -0.15) is 0 Å². The Balaban J connectivity index is 2.19. The summed E-state index contributed by atoms with van der Waals surface area (Å²) in [6.07, 6.45) is 4.24. The lowest BCUT2D eigenvalue weighted by Gasteiger charge is -1.96. The van der Waals surface area contributed by atoms with E-state index in [1.807, 2.05) is 31.2 Å². The molecule has 1 aromatic heterocycles. The summed E-state index contributed by atoms with van der Waals surface area (Å²) in [7, 11) is 0. The zero-order chi connectivity index (χ0) is 13.0. The van der Waals surface area contributed by atoms with Crippen LogP contribution in [-0.2, 0) is 4.79 Å². The normalized spacial score (nSPS) is 11.2. The summed E-state index contributed by atoms with van der Waals surface area (Å²) in [5.41, 5.74) is 0. The minimum atomic E-state index is -0.0784. The monoisotopic (exact) mass is 279 g/mol. The Kier molecular flexibility index (Phi) is 4.39. The molecular weight excluding hydrogens is 266 g/mol. The highest BCUT2D eigenvalue weighted by molar-refractivity contribution is 7.20. The van der Waals surface area contributed by atoms with Gasteiger partial charge in [0, 0.05) is 27.6 Å². The summed E-state index contributed by atoms with van der Waals surface area (Å²) in [5.74, 6) is -0.0784. The number of amides is 1. The second-order valence-electron chi connectivity index (χ2n) is 3.90. The molecule has 0 saturated carbocycles. The van der Waals surface area contributed by atoms with Gasteiger partial charge in [-0.15, -0.1) is 11.3 Å². The van der Waals surface area contributed by atoms with Gasteiger partial charge < -0.3 is 5.32 Å². The van der Waals surface area contributed by atoms with Crippen LogP contribution in [0.5, 0.6) is 0 Å². The number of thiophene rings is 1. The first-order chi connectivity index (χ1) is 8.72. The number of rotatable bonds is 4. The summed E-state index contributed by atoms with van der Waals surface area (Å²) < 4.78 is 1.14. The minimum Gasteiger partial charge on any atom is -0.353 e. The molecule has 0 radical (unpaired) electrons. The van der Waals surface area contributed by atoms with Crippen LogP contribution < -0.4 is 5.32 Å². The van der Waals surface area contributed by atoms with E-state index < -0.39 is 0 Å². The first-order valence-electron chi connectivity index (χ1n) is 5.85. The zero-order valence-electron chi connectivity index (χ0n) is 10.1. The van der Waals surface area contributed by atoms with Crippen LogP contribution in [0.25, 0.3) is 16.2 Å². The molecule has 4 heteroatoms. The molecule has 1 N–H and O–H groups in total. The van der Waals surface area contributed by atoms with Gasteiger partial charge in [0.2, 0.25) is 5.91 Å². The smallest absolute Gasteiger partial charge is 0.244 e. The predicted molar refractivity (Wildman–Crippen MR) is 79.2 cm³/mol. The number of nitrogens with one attached hydrogen (secondary N) is 1. The fourth-order valence-electron chi connectivity index (χ4n) is 1.60. The summed E-state index contributed by atoms with van der Waals surface area (Å²) in [6, 6.07) is 7.96. The van der Waals surface area contributed by atoms with Crippen molar-refractivity contribution in [3.63, 3.8) is 0 Å². The van der Waals surface area contributed by atoms with E-state index in [-0.39, 0.29) is 5.91 Å². The van der Waals surface area contributed by atoms with E-state index in [1.54, 1.807) is 17.4 Å². The van der Waals surface area contributed by atoms with Crippen LogP contribution in [-0.4, -0.2) is 12.5 Å². The molecule has 2 nitrogen and oxygen atoms in total. The van der Waals surface area contributed by atoms with Gasteiger partial charge in [0.15, 0.2) is 0 Å². The fourth-order valence-corrected chi connectivity index (χ4v) is 3.00. The van der Waals surface area contributed by atoms with Crippen LogP contribution in [0, 0.1) is 0 Å². The van der Waals surface area contributed by atoms with E-state index in [1.165, 1.54) is 6.08 Å². The number of hydrogen-bond acceptors (Lipinski definition) is 2. The Bertz CT molecular complexity index is 588. The Morgan fingerprint density at radius 1 is 1.44 bits per heavy atom. The van der Waals surface area contributed by atoms with Crippen molar-refractivity contribution in [2.45, 2.75) is 13.3 Å². The SMILES string of the molecule is CCCNC(=O)/C=C/c1sc2ccccc2c1Cl. The summed E-state index contributed by atoms with van der Waals surface area (Å²) in [6.45, 7) is 2.72. The van der Waals surface area contributed by atoms with Gasteiger partial charge in [-0.3, -0.25) is 4.79 Å². The van der Waals surface area contributed by atoms with Crippen LogP contribution in [0.15, 0.2) is 30.3 Å². The highest BCUT2D eigenvalue weighted by Gasteiger charge is 2.07. The maximum absolute atomic E-state index is 11.5. The average Bonchev–Trinajstić information content (AvgIpc) is 2.71. The largest absolute Gasteiger partial charge is 0.353 e. The van der Waals surface area contributed by atoms with E-state index in [2.05, 4.69) is 5.32 Å². The molecule has 0 spiro atoms. The summed E-state index contributed by atoms with van der Waals surface area (Å²) in [4.78, 5) is 12.4. The minimum absolute atomic E-state index is 0.0784. The maximum Gasteiger partial charge on any atom is 0.244 e. The van der Waals surface area contributed by atoms with E-state index in [9.17, 15) is 4.79 Å². The second-order valence-corrected chi connectivity index (χ2v) is 5.36. The number of carbonyl (C=O) groups excluding carboxylic acids is 1. The van der Waals surface area contributed by atoms with Gasteiger partial charge in [-0.25, -0.2) is 0 Å². The molecule has 2 aromatic rings. The standard InChI is InChI=1S/C14H14ClNOS/c1-2-9-16-13(17)8-7-12-14(15)10-5-3-4-6-11(10)18-12/h3-8H,2,9H2,1H3,(H,16,17)/b8-7+. The fraction of sp³-hybridized carbons (Fsp3) is 0.214. The lowest BCUT2D eigenvalue weighted by atomic mass is 10.2. The molecule has 1 aromatic carbocycles. The van der Waals surface area contributed by atoms with Crippen molar-refractivity contribution in [2.24, 2.45) is 0 Å². The van der Waals surface area contributed by atoms with Gasteiger partial charge in [0.05, 0.1) is 5.02 Å². The third-order valence-electron chi connectivity index (χ3n) is 2.50. The van der Waals surface area contributed by atoms with Crippen LogP contribution in [0.3, 0.4) is 0 Å². The quantitative estimate of drug-likeness (QED) is 0.839. The molecular formula is C14H14ClNOS. The molecule has 18 heavy (non-hydrogen) atoms. The third kappa shape index (κ3) is 2.92. The topological polar surface area (TPSA) is 29.1 Å². The van der Waals surface area contributed by atoms with Crippen molar-refractivity contribution in [1.29, 1.82) is 0 Å². The number of benzene rings is 1. The average molecular weight is 280 g/mol.